The van der Waals surface area contributed by atoms with E-state index in [2.05, 4.69) is 0 Å². The summed E-state index contributed by atoms with van der Waals surface area (Å²) in [5, 5.41) is 0. The minimum Gasteiger partial charge on any atom is -0.259 e. The molecule has 1 aromatic carbocycles. The molecule has 0 fully saturated rings. The first-order chi connectivity index (χ1) is 4.79. The molecule has 0 amide bonds. The van der Waals surface area contributed by atoms with Gasteiger partial charge in [-0.1, -0.05) is 18.2 Å². The van der Waals surface area contributed by atoms with Crippen molar-refractivity contribution in [2.24, 2.45) is 5.84 Å². The third-order valence-electron chi connectivity index (χ3n) is 0.993. The molecule has 0 saturated heterocycles. The third-order valence-corrected chi connectivity index (χ3v) is 1.76. The first kappa shape index (κ1) is 7.60. The zero-order chi connectivity index (χ0) is 7.40. The Balaban J connectivity index is 2.59. The Kier molecular flexibility index (Phi) is 2.74. The van der Waals surface area contributed by atoms with Crippen LogP contribution in [0.3, 0.4) is 0 Å². The summed E-state index contributed by atoms with van der Waals surface area (Å²) >= 11 is 1.51. The summed E-state index contributed by atoms with van der Waals surface area (Å²) in [6.07, 6.45) is 0. The van der Waals surface area contributed by atoms with Crippen LogP contribution < -0.4 is 5.84 Å². The van der Waals surface area contributed by atoms with Gasteiger partial charge in [0.25, 0.3) is 0 Å². The fourth-order valence-corrected chi connectivity index (χ4v) is 1.26. The van der Waals surface area contributed by atoms with Crippen molar-refractivity contribution in [1.29, 1.82) is 0 Å². The van der Waals surface area contributed by atoms with E-state index in [4.69, 9.17) is 5.84 Å². The van der Waals surface area contributed by atoms with Crippen LogP contribution in [-0.4, -0.2) is 11.5 Å². The molecule has 0 unspecified atom stereocenters. The molecule has 0 aliphatic carbocycles. The molecule has 0 aromatic heterocycles. The Morgan fingerprint density at radius 1 is 1.30 bits per heavy atom. The molecular weight excluding hydrogens is 144 g/mol. The van der Waals surface area contributed by atoms with Gasteiger partial charge in [-0.05, 0) is 24.1 Å². The maximum Gasteiger partial charge on any atom is 0.0242 e. The Morgan fingerprint density at radius 2 is 1.90 bits per heavy atom. The van der Waals surface area contributed by atoms with Crippen LogP contribution in [0.5, 0.6) is 0 Å². The zero-order valence-electron chi connectivity index (χ0n) is 5.82. The summed E-state index contributed by atoms with van der Waals surface area (Å²) in [5.41, 5.74) is 0. The second kappa shape index (κ2) is 3.61. The number of benzene rings is 1. The molecular formula is C7H10N2S. The summed E-state index contributed by atoms with van der Waals surface area (Å²) in [5.74, 6) is 5.42. The van der Waals surface area contributed by atoms with E-state index >= 15 is 0 Å². The first-order valence-electron chi connectivity index (χ1n) is 3.00. The van der Waals surface area contributed by atoms with E-state index in [9.17, 15) is 0 Å². The summed E-state index contributed by atoms with van der Waals surface area (Å²) in [4.78, 5) is 1.16. The number of hydrazine groups is 1. The van der Waals surface area contributed by atoms with Crippen molar-refractivity contribution < 1.29 is 0 Å². The van der Waals surface area contributed by atoms with E-state index < -0.39 is 0 Å². The lowest BCUT2D eigenvalue weighted by atomic mass is 10.4. The predicted octanol–water partition coefficient (Wildman–Crippen LogP) is 1.50. The fourth-order valence-electron chi connectivity index (χ4n) is 0.648. The van der Waals surface area contributed by atoms with Gasteiger partial charge in [0, 0.05) is 11.9 Å². The number of hydrogen-bond donors (Lipinski definition) is 1. The van der Waals surface area contributed by atoms with E-state index in [1.165, 1.54) is 11.9 Å². The fraction of sp³-hybridized carbons (Fsp3) is 0.143. The van der Waals surface area contributed by atoms with Crippen molar-refractivity contribution >= 4 is 11.9 Å². The number of nitrogens with zero attached hydrogens (tertiary/aromatic N) is 1. The van der Waals surface area contributed by atoms with Gasteiger partial charge in [0.2, 0.25) is 0 Å². The quantitative estimate of drug-likeness (QED) is 0.397. The summed E-state index contributed by atoms with van der Waals surface area (Å²) < 4.78 is 1.58. The highest BCUT2D eigenvalue weighted by Gasteiger charge is 1.92. The van der Waals surface area contributed by atoms with Crippen molar-refractivity contribution in [2.45, 2.75) is 4.90 Å². The van der Waals surface area contributed by atoms with Crippen LogP contribution in [0.25, 0.3) is 0 Å². The Morgan fingerprint density at radius 3 is 2.40 bits per heavy atom. The van der Waals surface area contributed by atoms with Gasteiger partial charge in [0.1, 0.15) is 0 Å². The van der Waals surface area contributed by atoms with Gasteiger partial charge in [-0.3, -0.25) is 5.84 Å². The van der Waals surface area contributed by atoms with Gasteiger partial charge in [-0.2, -0.15) is 4.41 Å². The molecule has 0 aliphatic rings. The van der Waals surface area contributed by atoms with Crippen molar-refractivity contribution in [1.82, 2.24) is 4.41 Å². The van der Waals surface area contributed by atoms with Crippen LogP contribution in [0.1, 0.15) is 0 Å². The normalized spacial score (nSPS) is 10.3. The van der Waals surface area contributed by atoms with Gasteiger partial charge in [-0.15, -0.1) is 0 Å². The molecule has 0 aliphatic heterocycles. The molecule has 1 aromatic rings. The average molecular weight is 154 g/mol. The third kappa shape index (κ3) is 2.39. The van der Waals surface area contributed by atoms with Gasteiger partial charge in [0.15, 0.2) is 0 Å². The maximum atomic E-state index is 5.42. The molecule has 0 saturated carbocycles. The molecule has 2 nitrogen and oxygen atoms in total. The van der Waals surface area contributed by atoms with E-state index in [-0.39, 0.29) is 0 Å². The van der Waals surface area contributed by atoms with Crippen molar-refractivity contribution in [3.8, 4) is 0 Å². The Labute approximate surface area is 65.1 Å². The molecule has 10 heavy (non-hydrogen) atoms. The molecule has 0 heterocycles. The SMILES string of the molecule is CN(N)Sc1ccccc1. The lowest BCUT2D eigenvalue weighted by Gasteiger charge is -2.06. The summed E-state index contributed by atoms with van der Waals surface area (Å²) in [6.45, 7) is 0. The van der Waals surface area contributed by atoms with Gasteiger partial charge < -0.3 is 0 Å². The molecule has 54 valence electrons. The number of rotatable bonds is 2. The monoisotopic (exact) mass is 154 g/mol. The molecule has 0 atom stereocenters. The second-order valence-corrected chi connectivity index (χ2v) is 3.18. The standard InChI is InChI=1S/C7H10N2S/c1-9(8)10-7-5-3-2-4-6-7/h2-6H,8H2,1H3. The Hall–Kier alpha value is -0.510. The lowest BCUT2D eigenvalue weighted by Crippen LogP contribution is -2.16. The van der Waals surface area contributed by atoms with Crippen molar-refractivity contribution in [3.05, 3.63) is 30.3 Å². The topological polar surface area (TPSA) is 29.3 Å². The van der Waals surface area contributed by atoms with E-state index in [1.54, 1.807) is 4.41 Å². The van der Waals surface area contributed by atoms with Crippen LogP contribution in [0, 0.1) is 0 Å². The molecule has 0 spiro atoms. The van der Waals surface area contributed by atoms with Crippen molar-refractivity contribution in [3.63, 3.8) is 0 Å². The lowest BCUT2D eigenvalue weighted by molar-refractivity contribution is 0.610. The highest BCUT2D eigenvalue weighted by Crippen LogP contribution is 2.16. The van der Waals surface area contributed by atoms with Crippen molar-refractivity contribution in [2.75, 3.05) is 7.05 Å². The highest BCUT2D eigenvalue weighted by atomic mass is 32.2. The smallest absolute Gasteiger partial charge is 0.0242 e. The van der Waals surface area contributed by atoms with E-state index in [0.29, 0.717) is 0 Å². The second-order valence-electron chi connectivity index (χ2n) is 1.95. The van der Waals surface area contributed by atoms with Crippen LogP contribution in [-0.2, 0) is 0 Å². The zero-order valence-corrected chi connectivity index (χ0v) is 6.64. The highest BCUT2D eigenvalue weighted by molar-refractivity contribution is 7.97. The average Bonchev–Trinajstić information content (AvgIpc) is 1.88. The van der Waals surface area contributed by atoms with Gasteiger partial charge in [-0.25, -0.2) is 0 Å². The van der Waals surface area contributed by atoms with Gasteiger partial charge >= 0.3 is 0 Å². The minimum absolute atomic E-state index is 1.16. The summed E-state index contributed by atoms with van der Waals surface area (Å²) in [7, 11) is 1.82. The van der Waals surface area contributed by atoms with Crippen LogP contribution in [0.4, 0.5) is 0 Å². The number of hydrogen-bond acceptors (Lipinski definition) is 3. The minimum atomic E-state index is 1.16. The van der Waals surface area contributed by atoms with Crippen LogP contribution in [0.15, 0.2) is 35.2 Å². The maximum absolute atomic E-state index is 5.42. The summed E-state index contributed by atoms with van der Waals surface area (Å²) in [6, 6.07) is 10.0. The molecule has 0 bridgehead atoms. The molecule has 2 N–H and O–H groups in total. The first-order valence-corrected chi connectivity index (χ1v) is 3.78. The predicted molar refractivity (Wildman–Crippen MR) is 44.2 cm³/mol. The van der Waals surface area contributed by atoms with Crippen LogP contribution >= 0.6 is 11.9 Å². The van der Waals surface area contributed by atoms with E-state index in [0.717, 1.165) is 4.90 Å². The molecule has 1 rings (SSSR count). The van der Waals surface area contributed by atoms with Crippen LogP contribution in [0.2, 0.25) is 0 Å². The van der Waals surface area contributed by atoms with Gasteiger partial charge in [0.05, 0.1) is 0 Å². The molecule has 3 heteroatoms. The number of nitrogens with two attached hydrogens (primary N) is 1. The Bertz CT molecular complexity index is 186. The largest absolute Gasteiger partial charge is 0.259 e. The van der Waals surface area contributed by atoms with E-state index in [1.807, 2.05) is 37.4 Å². The molecule has 0 radical (unpaired) electrons.